The predicted molar refractivity (Wildman–Crippen MR) is 64.5 cm³/mol. The van der Waals surface area contributed by atoms with Gasteiger partial charge >= 0.3 is 0 Å². The van der Waals surface area contributed by atoms with Crippen LogP contribution in [0.5, 0.6) is 0 Å². The monoisotopic (exact) mass is 252 g/mol. The molecule has 1 aliphatic heterocycles. The molecule has 0 N–H and O–H groups in total. The summed E-state index contributed by atoms with van der Waals surface area (Å²) in [5.41, 5.74) is 1.16. The molecule has 1 amide bonds. The fraction of sp³-hybridized carbons (Fsp3) is 0.500. The van der Waals surface area contributed by atoms with Crippen LogP contribution in [0.25, 0.3) is 0 Å². The van der Waals surface area contributed by atoms with Crippen LogP contribution in [0.15, 0.2) is 10.9 Å². The molecule has 0 bridgehead atoms. The van der Waals surface area contributed by atoms with Gasteiger partial charge in [0.1, 0.15) is 5.15 Å². The smallest absolute Gasteiger partial charge is 0.257 e. The van der Waals surface area contributed by atoms with Crippen LogP contribution in [0.2, 0.25) is 5.15 Å². The normalized spacial score (nSPS) is 19.4. The van der Waals surface area contributed by atoms with Gasteiger partial charge in [-0.25, -0.2) is 0 Å². The van der Waals surface area contributed by atoms with Gasteiger partial charge in [-0.2, -0.15) is 0 Å². The molecule has 0 unspecified atom stereocenters. The number of aromatic nitrogens is 1. The van der Waals surface area contributed by atoms with E-state index in [4.69, 9.17) is 11.6 Å². The Bertz CT molecular complexity index is 560. The molecule has 3 rings (SSSR count). The van der Waals surface area contributed by atoms with Gasteiger partial charge in [-0.1, -0.05) is 11.6 Å². The molecule has 0 radical (unpaired) electrons. The van der Waals surface area contributed by atoms with Crippen LogP contribution in [0.4, 0.5) is 0 Å². The van der Waals surface area contributed by atoms with Gasteiger partial charge in [-0.3, -0.25) is 9.59 Å². The van der Waals surface area contributed by atoms with Crippen molar-refractivity contribution in [2.24, 2.45) is 7.05 Å². The second-order valence-corrected chi connectivity index (χ2v) is 5.07. The van der Waals surface area contributed by atoms with E-state index in [2.05, 4.69) is 0 Å². The first-order valence-electron chi connectivity index (χ1n) is 5.79. The zero-order chi connectivity index (χ0) is 12.2. The minimum atomic E-state index is -0.151. The lowest BCUT2D eigenvalue weighted by Gasteiger charge is -2.29. The van der Waals surface area contributed by atoms with Crippen molar-refractivity contribution in [3.05, 3.63) is 32.7 Å². The Morgan fingerprint density at radius 2 is 2.06 bits per heavy atom. The SMILES string of the molecule is Cn1c(Cl)c2c(cc1=O)CCN(C1CC1)C2=O. The number of amides is 1. The summed E-state index contributed by atoms with van der Waals surface area (Å²) in [6.45, 7) is 0.708. The Hall–Kier alpha value is -1.29. The molecule has 17 heavy (non-hydrogen) atoms. The van der Waals surface area contributed by atoms with Gasteiger partial charge < -0.3 is 9.47 Å². The van der Waals surface area contributed by atoms with E-state index in [0.717, 1.165) is 24.8 Å². The number of fused-ring (bicyclic) bond motifs is 1. The van der Waals surface area contributed by atoms with E-state index in [1.54, 1.807) is 7.05 Å². The van der Waals surface area contributed by atoms with Crippen molar-refractivity contribution in [1.82, 2.24) is 9.47 Å². The number of rotatable bonds is 1. The van der Waals surface area contributed by atoms with Crippen LogP contribution >= 0.6 is 11.6 Å². The van der Waals surface area contributed by atoms with E-state index in [9.17, 15) is 9.59 Å². The summed E-state index contributed by atoms with van der Waals surface area (Å²) in [4.78, 5) is 25.8. The van der Waals surface area contributed by atoms with Crippen LogP contribution in [0, 0.1) is 0 Å². The molecular weight excluding hydrogens is 240 g/mol. The molecule has 0 atom stereocenters. The second-order valence-electron chi connectivity index (χ2n) is 4.71. The highest BCUT2D eigenvalue weighted by Crippen LogP contribution is 2.33. The van der Waals surface area contributed by atoms with Gasteiger partial charge in [0.05, 0.1) is 5.56 Å². The van der Waals surface area contributed by atoms with Crippen LogP contribution in [-0.4, -0.2) is 28.0 Å². The minimum Gasteiger partial charge on any atom is -0.335 e. The topological polar surface area (TPSA) is 42.3 Å². The maximum atomic E-state index is 12.3. The summed E-state index contributed by atoms with van der Waals surface area (Å²) in [5.74, 6) is -0.0191. The van der Waals surface area contributed by atoms with E-state index in [-0.39, 0.29) is 16.6 Å². The molecule has 1 aromatic rings. The van der Waals surface area contributed by atoms with Crippen molar-refractivity contribution >= 4 is 17.5 Å². The van der Waals surface area contributed by atoms with Crippen LogP contribution in [-0.2, 0) is 13.5 Å². The van der Waals surface area contributed by atoms with Crippen molar-refractivity contribution in [3.8, 4) is 0 Å². The lowest BCUT2D eigenvalue weighted by atomic mass is 10.0. The van der Waals surface area contributed by atoms with Crippen molar-refractivity contribution < 1.29 is 4.79 Å². The van der Waals surface area contributed by atoms with Gasteiger partial charge in [0.2, 0.25) is 0 Å². The van der Waals surface area contributed by atoms with E-state index in [1.165, 1.54) is 10.6 Å². The summed E-state index contributed by atoms with van der Waals surface area (Å²) in [5, 5.41) is 0.267. The third-order valence-corrected chi connectivity index (χ3v) is 3.98. The van der Waals surface area contributed by atoms with Gasteiger partial charge in [0.15, 0.2) is 0 Å². The van der Waals surface area contributed by atoms with E-state index in [0.29, 0.717) is 18.2 Å². The maximum absolute atomic E-state index is 12.3. The average Bonchev–Trinajstić information content (AvgIpc) is 3.10. The molecule has 90 valence electrons. The van der Waals surface area contributed by atoms with E-state index >= 15 is 0 Å². The van der Waals surface area contributed by atoms with Crippen molar-refractivity contribution in [2.75, 3.05) is 6.54 Å². The highest BCUT2D eigenvalue weighted by molar-refractivity contribution is 6.33. The highest BCUT2D eigenvalue weighted by atomic mass is 35.5. The van der Waals surface area contributed by atoms with E-state index < -0.39 is 0 Å². The average molecular weight is 253 g/mol. The highest BCUT2D eigenvalue weighted by Gasteiger charge is 2.37. The Balaban J connectivity index is 2.13. The van der Waals surface area contributed by atoms with Crippen LogP contribution < -0.4 is 5.56 Å². The number of hydrogen-bond donors (Lipinski definition) is 0. The zero-order valence-electron chi connectivity index (χ0n) is 9.57. The van der Waals surface area contributed by atoms with E-state index in [1.807, 2.05) is 4.90 Å². The Labute approximate surface area is 104 Å². The number of pyridine rings is 1. The fourth-order valence-electron chi connectivity index (χ4n) is 2.36. The summed E-state index contributed by atoms with van der Waals surface area (Å²) >= 11 is 6.12. The van der Waals surface area contributed by atoms with Gasteiger partial charge in [0, 0.05) is 25.7 Å². The first-order chi connectivity index (χ1) is 8.09. The maximum Gasteiger partial charge on any atom is 0.257 e. The number of halogens is 1. The van der Waals surface area contributed by atoms with Crippen LogP contribution in [0.3, 0.4) is 0 Å². The standard InChI is InChI=1S/C12H13ClN2O2/c1-14-9(16)6-7-4-5-15(8-2-3-8)12(17)10(7)11(14)13/h6,8H,2-5H2,1H3. The molecule has 5 heteroatoms. The molecule has 1 fully saturated rings. The number of hydrogen-bond acceptors (Lipinski definition) is 2. The Morgan fingerprint density at radius 1 is 1.35 bits per heavy atom. The molecule has 2 heterocycles. The van der Waals surface area contributed by atoms with Crippen LogP contribution in [0.1, 0.15) is 28.8 Å². The predicted octanol–water partition coefficient (Wildman–Crippen LogP) is 1.20. The molecule has 1 aliphatic carbocycles. The number of nitrogens with zero attached hydrogens (tertiary/aromatic N) is 2. The van der Waals surface area contributed by atoms with Gasteiger partial charge in [0.25, 0.3) is 11.5 Å². The third-order valence-electron chi connectivity index (χ3n) is 3.53. The largest absolute Gasteiger partial charge is 0.335 e. The molecule has 0 saturated heterocycles. The van der Waals surface area contributed by atoms with Crippen molar-refractivity contribution in [3.63, 3.8) is 0 Å². The third kappa shape index (κ3) is 1.59. The Kier molecular flexibility index (Phi) is 2.30. The summed E-state index contributed by atoms with van der Waals surface area (Å²) in [7, 11) is 1.59. The number of carbonyl (C=O) groups is 1. The molecular formula is C12H13ClN2O2. The van der Waals surface area contributed by atoms with Crippen molar-refractivity contribution in [2.45, 2.75) is 25.3 Å². The first-order valence-corrected chi connectivity index (χ1v) is 6.17. The summed E-state index contributed by atoms with van der Waals surface area (Å²) < 4.78 is 1.33. The second kappa shape index (κ2) is 3.60. The Morgan fingerprint density at radius 3 is 2.71 bits per heavy atom. The fourth-order valence-corrected chi connectivity index (χ4v) is 2.64. The first kappa shape index (κ1) is 10.8. The zero-order valence-corrected chi connectivity index (χ0v) is 10.3. The molecule has 0 spiro atoms. The minimum absolute atomic E-state index is 0.0191. The van der Waals surface area contributed by atoms with Gasteiger partial charge in [-0.05, 0) is 24.8 Å². The van der Waals surface area contributed by atoms with Crippen molar-refractivity contribution in [1.29, 1.82) is 0 Å². The molecule has 4 nitrogen and oxygen atoms in total. The molecule has 2 aliphatic rings. The lowest BCUT2D eigenvalue weighted by Crippen LogP contribution is -2.40. The molecule has 0 aromatic carbocycles. The summed E-state index contributed by atoms with van der Waals surface area (Å²) in [6, 6.07) is 1.92. The molecule has 1 aromatic heterocycles. The lowest BCUT2D eigenvalue weighted by molar-refractivity contribution is 0.0726. The molecule has 1 saturated carbocycles. The van der Waals surface area contributed by atoms with Gasteiger partial charge in [-0.15, -0.1) is 0 Å². The number of carbonyl (C=O) groups excluding carboxylic acids is 1. The summed E-state index contributed by atoms with van der Waals surface area (Å²) in [6.07, 6.45) is 2.91. The quantitative estimate of drug-likeness (QED) is 0.705.